The van der Waals surface area contributed by atoms with Gasteiger partial charge in [0.25, 0.3) is 0 Å². The molecule has 1 aromatic rings. The summed E-state index contributed by atoms with van der Waals surface area (Å²) in [5, 5.41) is 6.60. The maximum atomic E-state index is 12.8. The van der Waals surface area contributed by atoms with Gasteiger partial charge in [0.15, 0.2) is 5.96 Å². The Hall–Kier alpha value is -1.27. The summed E-state index contributed by atoms with van der Waals surface area (Å²) in [5.41, 5.74) is 0. The zero-order chi connectivity index (χ0) is 16.8. The predicted molar refractivity (Wildman–Crippen MR) is 96.8 cm³/mol. The van der Waals surface area contributed by atoms with Crippen molar-refractivity contribution in [3.8, 4) is 0 Å². The molecule has 1 rings (SSSR count). The Kier molecular flexibility index (Phi) is 11.3. The highest BCUT2D eigenvalue weighted by molar-refractivity contribution is 7.99. The lowest BCUT2D eigenvalue weighted by Gasteiger charge is -2.11. The maximum absolute atomic E-state index is 12.8. The zero-order valence-corrected chi connectivity index (χ0v) is 14.9. The topological polar surface area (TPSA) is 45.6 Å². The summed E-state index contributed by atoms with van der Waals surface area (Å²) >= 11 is 1.74. The van der Waals surface area contributed by atoms with Crippen LogP contribution in [-0.2, 0) is 4.74 Å². The van der Waals surface area contributed by atoms with Crippen LogP contribution in [0.25, 0.3) is 0 Å². The Balaban J connectivity index is 2.03. The molecule has 0 amide bonds. The molecule has 0 atom stereocenters. The number of rotatable bonds is 11. The summed E-state index contributed by atoms with van der Waals surface area (Å²) in [6.45, 7) is 5.39. The van der Waals surface area contributed by atoms with Gasteiger partial charge >= 0.3 is 0 Å². The molecule has 1 aromatic carbocycles. The van der Waals surface area contributed by atoms with E-state index in [9.17, 15) is 4.39 Å². The molecule has 0 fully saturated rings. The summed E-state index contributed by atoms with van der Waals surface area (Å²) in [4.78, 5) is 5.30. The minimum absolute atomic E-state index is 0.188. The number of hydrogen-bond acceptors (Lipinski definition) is 3. The molecule has 0 heterocycles. The van der Waals surface area contributed by atoms with E-state index in [0.717, 1.165) is 62.2 Å². The molecule has 0 aromatic heterocycles. The number of hydrogen-bond donors (Lipinski definition) is 2. The van der Waals surface area contributed by atoms with Gasteiger partial charge in [-0.15, -0.1) is 11.8 Å². The number of halogens is 1. The van der Waals surface area contributed by atoms with Gasteiger partial charge in [0.1, 0.15) is 5.82 Å². The molecule has 0 aliphatic carbocycles. The minimum atomic E-state index is -0.188. The average molecular weight is 341 g/mol. The van der Waals surface area contributed by atoms with Gasteiger partial charge in [0.2, 0.25) is 0 Å². The standard InChI is InChI=1S/C17H28FN3OS/c1-3-22-13-5-4-11-20-17(19-2)21-12-6-14-23-16-9-7-15(18)8-10-16/h7-10H,3-6,11-14H2,1-2H3,(H2,19,20,21). The van der Waals surface area contributed by atoms with Gasteiger partial charge in [0, 0.05) is 38.2 Å². The fraction of sp³-hybridized carbons (Fsp3) is 0.588. The van der Waals surface area contributed by atoms with Gasteiger partial charge in [-0.1, -0.05) is 0 Å². The second-order valence-corrected chi connectivity index (χ2v) is 6.15. The normalized spacial score (nSPS) is 11.5. The van der Waals surface area contributed by atoms with E-state index >= 15 is 0 Å². The molecule has 0 aliphatic heterocycles. The van der Waals surface area contributed by atoms with Crippen molar-refractivity contribution in [2.45, 2.75) is 31.1 Å². The van der Waals surface area contributed by atoms with Crippen LogP contribution in [0.1, 0.15) is 26.2 Å². The van der Waals surface area contributed by atoms with E-state index in [4.69, 9.17) is 4.74 Å². The first-order chi connectivity index (χ1) is 11.3. The van der Waals surface area contributed by atoms with Crippen molar-refractivity contribution in [2.75, 3.05) is 39.1 Å². The summed E-state index contributed by atoms with van der Waals surface area (Å²) in [6, 6.07) is 6.63. The number of nitrogens with one attached hydrogen (secondary N) is 2. The van der Waals surface area contributed by atoms with Crippen molar-refractivity contribution in [1.29, 1.82) is 0 Å². The first-order valence-electron chi connectivity index (χ1n) is 8.17. The van der Waals surface area contributed by atoms with Gasteiger partial charge in [-0.05, 0) is 56.2 Å². The largest absolute Gasteiger partial charge is 0.382 e. The molecule has 0 spiro atoms. The van der Waals surface area contributed by atoms with Gasteiger partial charge in [-0.2, -0.15) is 0 Å². The molecular weight excluding hydrogens is 313 g/mol. The van der Waals surface area contributed by atoms with Crippen LogP contribution in [0.2, 0.25) is 0 Å². The average Bonchev–Trinajstić information content (AvgIpc) is 2.57. The number of nitrogens with zero attached hydrogens (tertiary/aromatic N) is 1. The van der Waals surface area contributed by atoms with Crippen LogP contribution in [0, 0.1) is 5.82 Å². The zero-order valence-electron chi connectivity index (χ0n) is 14.1. The van der Waals surface area contributed by atoms with E-state index in [-0.39, 0.29) is 5.82 Å². The third kappa shape index (κ3) is 10.2. The third-order valence-corrected chi connectivity index (χ3v) is 4.23. The number of guanidine groups is 1. The van der Waals surface area contributed by atoms with Crippen LogP contribution in [0.4, 0.5) is 4.39 Å². The molecule has 0 unspecified atom stereocenters. The monoisotopic (exact) mass is 341 g/mol. The minimum Gasteiger partial charge on any atom is -0.382 e. The highest BCUT2D eigenvalue weighted by Crippen LogP contribution is 2.18. The SMILES string of the molecule is CCOCCCCNC(=NC)NCCCSc1ccc(F)cc1. The number of unbranched alkanes of at least 4 members (excludes halogenated alkanes) is 1. The van der Waals surface area contributed by atoms with E-state index in [1.165, 1.54) is 12.1 Å². The van der Waals surface area contributed by atoms with Gasteiger partial charge in [-0.25, -0.2) is 4.39 Å². The highest BCUT2D eigenvalue weighted by Gasteiger charge is 1.98. The van der Waals surface area contributed by atoms with Crippen LogP contribution < -0.4 is 10.6 Å². The molecule has 6 heteroatoms. The van der Waals surface area contributed by atoms with Crippen LogP contribution in [0.15, 0.2) is 34.2 Å². The second-order valence-electron chi connectivity index (χ2n) is 4.99. The van der Waals surface area contributed by atoms with E-state index < -0.39 is 0 Å². The maximum Gasteiger partial charge on any atom is 0.190 e. The number of thioether (sulfide) groups is 1. The third-order valence-electron chi connectivity index (χ3n) is 3.13. The first kappa shape index (κ1) is 19.8. The quantitative estimate of drug-likeness (QED) is 0.281. The van der Waals surface area contributed by atoms with Crippen molar-refractivity contribution < 1.29 is 9.13 Å². The van der Waals surface area contributed by atoms with E-state index in [0.29, 0.717) is 0 Å². The van der Waals surface area contributed by atoms with Crippen molar-refractivity contribution in [3.05, 3.63) is 30.1 Å². The summed E-state index contributed by atoms with van der Waals surface area (Å²) in [5.74, 6) is 1.64. The molecule has 0 saturated heterocycles. The fourth-order valence-corrected chi connectivity index (χ4v) is 2.75. The molecule has 0 bridgehead atoms. The lowest BCUT2D eigenvalue weighted by molar-refractivity contribution is 0.143. The molecule has 130 valence electrons. The van der Waals surface area contributed by atoms with Gasteiger partial charge < -0.3 is 15.4 Å². The second kappa shape index (κ2) is 13.2. The summed E-state index contributed by atoms with van der Waals surface area (Å²) < 4.78 is 18.1. The van der Waals surface area contributed by atoms with E-state index in [1.807, 2.05) is 19.1 Å². The first-order valence-corrected chi connectivity index (χ1v) is 9.15. The predicted octanol–water partition coefficient (Wildman–Crippen LogP) is 3.29. The molecule has 0 radical (unpaired) electrons. The summed E-state index contributed by atoms with van der Waals surface area (Å²) in [7, 11) is 1.78. The lowest BCUT2D eigenvalue weighted by atomic mass is 10.3. The molecular formula is C17H28FN3OS. The van der Waals surface area contributed by atoms with Crippen LogP contribution in [0.5, 0.6) is 0 Å². The molecule has 23 heavy (non-hydrogen) atoms. The lowest BCUT2D eigenvalue weighted by Crippen LogP contribution is -2.38. The number of benzene rings is 1. The van der Waals surface area contributed by atoms with E-state index in [1.54, 1.807) is 18.8 Å². The molecule has 0 aliphatic rings. The molecule has 0 saturated carbocycles. The molecule has 4 nitrogen and oxygen atoms in total. The van der Waals surface area contributed by atoms with Crippen molar-refractivity contribution in [2.24, 2.45) is 4.99 Å². The Morgan fingerprint density at radius 3 is 2.48 bits per heavy atom. The Morgan fingerprint density at radius 2 is 1.83 bits per heavy atom. The molecule has 2 N–H and O–H groups in total. The Morgan fingerprint density at radius 1 is 1.13 bits per heavy atom. The van der Waals surface area contributed by atoms with Crippen molar-refractivity contribution >= 4 is 17.7 Å². The van der Waals surface area contributed by atoms with Crippen molar-refractivity contribution in [3.63, 3.8) is 0 Å². The highest BCUT2D eigenvalue weighted by atomic mass is 32.2. The summed E-state index contributed by atoms with van der Waals surface area (Å²) in [6.07, 6.45) is 3.15. The Bertz CT molecular complexity index is 440. The van der Waals surface area contributed by atoms with Gasteiger partial charge in [-0.3, -0.25) is 4.99 Å². The van der Waals surface area contributed by atoms with Crippen molar-refractivity contribution in [1.82, 2.24) is 10.6 Å². The smallest absolute Gasteiger partial charge is 0.190 e. The van der Waals surface area contributed by atoms with Crippen LogP contribution in [-0.4, -0.2) is 45.1 Å². The Labute approximate surface area is 143 Å². The van der Waals surface area contributed by atoms with E-state index in [2.05, 4.69) is 15.6 Å². The number of aliphatic imine (C=N–C) groups is 1. The number of ether oxygens (including phenoxy) is 1. The fourth-order valence-electron chi connectivity index (χ4n) is 1.90. The van der Waals surface area contributed by atoms with Crippen LogP contribution >= 0.6 is 11.8 Å². The van der Waals surface area contributed by atoms with Gasteiger partial charge in [0.05, 0.1) is 0 Å². The van der Waals surface area contributed by atoms with Crippen LogP contribution in [0.3, 0.4) is 0 Å².